The summed E-state index contributed by atoms with van der Waals surface area (Å²) in [7, 11) is 1.58. The normalized spacial score (nSPS) is 28.3. The topological polar surface area (TPSA) is 78.5 Å². The summed E-state index contributed by atoms with van der Waals surface area (Å²) in [6, 6.07) is 5.28. The second kappa shape index (κ2) is 14.6. The van der Waals surface area contributed by atoms with Crippen LogP contribution in [0.1, 0.15) is 100 Å². The first-order chi connectivity index (χ1) is 19.3. The Kier molecular flexibility index (Phi) is 11.4. The molecular formula is C32H48ClN3O3S. The summed E-state index contributed by atoms with van der Waals surface area (Å²) in [5, 5.41) is 6.69. The Labute approximate surface area is 250 Å². The van der Waals surface area contributed by atoms with Crippen molar-refractivity contribution in [3.05, 3.63) is 29.3 Å². The Hall–Kier alpha value is -1.57. The van der Waals surface area contributed by atoms with Crippen molar-refractivity contribution in [1.82, 2.24) is 15.5 Å². The maximum Gasteiger partial charge on any atom is 0.255 e. The van der Waals surface area contributed by atoms with Crippen molar-refractivity contribution >= 4 is 41.5 Å². The van der Waals surface area contributed by atoms with Gasteiger partial charge in [0.15, 0.2) is 0 Å². The van der Waals surface area contributed by atoms with Crippen LogP contribution in [-0.2, 0) is 16.1 Å². The van der Waals surface area contributed by atoms with E-state index in [-0.39, 0.29) is 29.2 Å². The number of halogens is 1. The van der Waals surface area contributed by atoms with Gasteiger partial charge in [-0.3, -0.25) is 9.59 Å². The van der Waals surface area contributed by atoms with E-state index in [1.165, 1.54) is 51.4 Å². The van der Waals surface area contributed by atoms with Crippen molar-refractivity contribution < 1.29 is 14.4 Å². The van der Waals surface area contributed by atoms with Gasteiger partial charge in [-0.1, -0.05) is 32.3 Å². The molecule has 8 heteroatoms. The van der Waals surface area contributed by atoms with Gasteiger partial charge >= 0.3 is 0 Å². The fraction of sp³-hybridized carbons (Fsp3) is 0.719. The molecule has 40 heavy (non-hydrogen) atoms. The highest BCUT2D eigenvalue weighted by atomic mass is 35.5. The van der Waals surface area contributed by atoms with Crippen LogP contribution in [-0.4, -0.2) is 59.3 Å². The van der Waals surface area contributed by atoms with Crippen molar-refractivity contribution in [3.8, 4) is 0 Å². The number of carbonyl (C=O) groups is 3. The zero-order chi connectivity index (χ0) is 28.7. The highest BCUT2D eigenvalue weighted by Crippen LogP contribution is 2.48. The van der Waals surface area contributed by atoms with Gasteiger partial charge in [-0.2, -0.15) is 0 Å². The van der Waals surface area contributed by atoms with E-state index < -0.39 is 6.04 Å². The Morgan fingerprint density at radius 1 is 1.20 bits per heavy atom. The van der Waals surface area contributed by atoms with Gasteiger partial charge in [-0.05, 0) is 99.6 Å². The molecule has 2 saturated carbocycles. The molecule has 1 aromatic rings. The number of carbonyl (C=O) groups excluding carboxylic acids is 3. The molecule has 0 aromatic heterocycles. The van der Waals surface area contributed by atoms with Crippen LogP contribution in [0.5, 0.6) is 0 Å². The number of hydrogen-bond donors (Lipinski definition) is 2. The largest absolute Gasteiger partial charge is 0.359 e. The number of fused-ring (bicyclic) bond motifs is 3. The van der Waals surface area contributed by atoms with Gasteiger partial charge in [0.05, 0.1) is 11.4 Å². The van der Waals surface area contributed by atoms with Gasteiger partial charge in [0, 0.05) is 36.0 Å². The van der Waals surface area contributed by atoms with Gasteiger partial charge in [0.25, 0.3) is 5.91 Å². The standard InChI is InChI=1S/C32H48ClN3O3S/c1-22-16-23-18-24(17-22)30(33)32(2,19-23)35-14-7-5-4-6-8-15-40-28-11-9-10-26-27(28)20-36(31(26)39)25(21-37)12-13-29(38)34-3/h9-11,21-25,30,35H,4-8,12-20H2,1-3H3,(H,34,38). The average Bonchev–Trinajstić information content (AvgIpc) is 3.27. The van der Waals surface area contributed by atoms with E-state index >= 15 is 0 Å². The molecule has 6 nitrogen and oxygen atoms in total. The van der Waals surface area contributed by atoms with Crippen LogP contribution in [0.25, 0.3) is 0 Å². The number of aldehydes is 1. The molecule has 222 valence electrons. The summed E-state index contributed by atoms with van der Waals surface area (Å²) in [5.41, 5.74) is 1.78. The second-order valence-electron chi connectivity index (χ2n) is 12.6. The monoisotopic (exact) mass is 589 g/mol. The van der Waals surface area contributed by atoms with Crippen molar-refractivity contribution in [1.29, 1.82) is 0 Å². The van der Waals surface area contributed by atoms with Crippen molar-refractivity contribution in [2.24, 2.45) is 17.8 Å². The van der Waals surface area contributed by atoms with E-state index in [4.69, 9.17) is 11.6 Å². The van der Waals surface area contributed by atoms with Crippen molar-refractivity contribution in [2.45, 2.75) is 113 Å². The number of alkyl halides is 1. The number of unbranched alkanes of at least 4 members (excludes halogenated alkanes) is 4. The van der Waals surface area contributed by atoms with Gasteiger partial charge in [0.1, 0.15) is 6.29 Å². The Morgan fingerprint density at radius 2 is 1.98 bits per heavy atom. The molecule has 2 aliphatic carbocycles. The highest BCUT2D eigenvalue weighted by molar-refractivity contribution is 7.99. The third-order valence-corrected chi connectivity index (χ3v) is 11.4. The first-order valence-electron chi connectivity index (χ1n) is 15.4. The molecular weight excluding hydrogens is 542 g/mol. The van der Waals surface area contributed by atoms with Crippen LogP contribution < -0.4 is 10.6 Å². The van der Waals surface area contributed by atoms with E-state index in [1.807, 2.05) is 23.9 Å². The summed E-state index contributed by atoms with van der Waals surface area (Å²) >= 11 is 8.80. The quantitative estimate of drug-likeness (QED) is 0.110. The highest BCUT2D eigenvalue weighted by Gasteiger charge is 2.47. The molecule has 1 heterocycles. The molecule has 1 aromatic carbocycles. The van der Waals surface area contributed by atoms with Gasteiger partial charge in [-0.15, -0.1) is 23.4 Å². The van der Waals surface area contributed by atoms with Crippen LogP contribution in [0, 0.1) is 17.8 Å². The van der Waals surface area contributed by atoms with Crippen LogP contribution in [0.4, 0.5) is 0 Å². The van der Waals surface area contributed by atoms with Crippen LogP contribution in [0.3, 0.4) is 0 Å². The zero-order valence-electron chi connectivity index (χ0n) is 24.6. The van der Waals surface area contributed by atoms with Crippen LogP contribution >= 0.6 is 23.4 Å². The predicted molar refractivity (Wildman–Crippen MR) is 164 cm³/mol. The number of amides is 2. The minimum absolute atomic E-state index is 0.0781. The number of rotatable bonds is 15. The minimum Gasteiger partial charge on any atom is -0.359 e. The summed E-state index contributed by atoms with van der Waals surface area (Å²) < 4.78 is 0. The first kappa shape index (κ1) is 31.4. The lowest BCUT2D eigenvalue weighted by Crippen LogP contribution is -2.58. The fourth-order valence-corrected chi connectivity index (χ4v) is 8.82. The number of thioether (sulfide) groups is 1. The molecule has 3 aliphatic rings. The third kappa shape index (κ3) is 7.63. The molecule has 6 atom stereocenters. The molecule has 2 N–H and O–H groups in total. The fourth-order valence-electron chi connectivity index (χ4n) is 7.35. The SMILES string of the molecule is CNC(=O)CCC(C=O)N1Cc2c(SCCCCCCCNC3(C)CC4CC(C)CC(C4)C3Cl)cccc2C1=O. The molecule has 2 fully saturated rings. The lowest BCUT2D eigenvalue weighted by Gasteiger charge is -2.51. The predicted octanol–water partition coefficient (Wildman–Crippen LogP) is 6.19. The molecule has 6 unspecified atom stereocenters. The van der Waals surface area contributed by atoms with E-state index in [0.717, 1.165) is 47.3 Å². The van der Waals surface area contributed by atoms with Crippen LogP contribution in [0.2, 0.25) is 0 Å². The molecule has 2 bridgehead atoms. The maximum absolute atomic E-state index is 13.0. The molecule has 0 saturated heterocycles. The summed E-state index contributed by atoms with van der Waals surface area (Å²) in [6.07, 6.45) is 12.6. The van der Waals surface area contributed by atoms with Crippen molar-refractivity contribution in [2.75, 3.05) is 19.3 Å². The average molecular weight is 590 g/mol. The maximum atomic E-state index is 13.0. The molecule has 4 rings (SSSR count). The number of benzene rings is 1. The lowest BCUT2D eigenvalue weighted by atomic mass is 9.62. The zero-order valence-corrected chi connectivity index (χ0v) is 26.1. The summed E-state index contributed by atoms with van der Waals surface area (Å²) in [4.78, 5) is 39.1. The molecule has 0 spiro atoms. The Morgan fingerprint density at radius 3 is 2.75 bits per heavy atom. The number of nitrogens with one attached hydrogen (secondary N) is 2. The van der Waals surface area contributed by atoms with E-state index in [1.54, 1.807) is 11.9 Å². The van der Waals surface area contributed by atoms with E-state index in [0.29, 0.717) is 24.4 Å². The Bertz CT molecular complexity index is 1040. The lowest BCUT2D eigenvalue weighted by molar-refractivity contribution is -0.121. The van der Waals surface area contributed by atoms with Gasteiger partial charge in [0.2, 0.25) is 5.91 Å². The van der Waals surface area contributed by atoms with Gasteiger partial charge < -0.3 is 20.3 Å². The number of nitrogens with zero attached hydrogens (tertiary/aromatic N) is 1. The molecule has 0 radical (unpaired) electrons. The van der Waals surface area contributed by atoms with E-state index in [9.17, 15) is 14.4 Å². The number of hydrogen-bond acceptors (Lipinski definition) is 5. The summed E-state index contributed by atoms with van der Waals surface area (Å²) in [5.74, 6) is 3.12. The Balaban J connectivity index is 1.14. The summed E-state index contributed by atoms with van der Waals surface area (Å²) in [6.45, 7) is 6.23. The van der Waals surface area contributed by atoms with Crippen molar-refractivity contribution in [3.63, 3.8) is 0 Å². The molecule has 1 aliphatic heterocycles. The smallest absolute Gasteiger partial charge is 0.255 e. The minimum atomic E-state index is -0.580. The second-order valence-corrected chi connectivity index (χ2v) is 14.2. The van der Waals surface area contributed by atoms with Gasteiger partial charge in [-0.25, -0.2) is 0 Å². The first-order valence-corrected chi connectivity index (χ1v) is 16.8. The molecule has 2 amide bonds. The van der Waals surface area contributed by atoms with E-state index in [2.05, 4.69) is 30.5 Å². The third-order valence-electron chi connectivity index (χ3n) is 9.38. The van der Waals surface area contributed by atoms with Crippen LogP contribution in [0.15, 0.2) is 23.1 Å².